The first-order chi connectivity index (χ1) is 20.5. The number of hydrogen-bond acceptors (Lipinski definition) is 8. The van der Waals surface area contributed by atoms with Gasteiger partial charge in [0.05, 0.1) is 35.0 Å². The molecule has 1 aliphatic rings. The first kappa shape index (κ1) is 29.4. The SMILES string of the molecule is COc1ccc(CN(CCc2ccc(OC)c(OC)c2)Cc2nc(C(=O)N3CCc4ccccc4C3)cs2)c(OC)c1. The molecule has 0 saturated carbocycles. The molecule has 2 heterocycles. The highest BCUT2D eigenvalue weighted by molar-refractivity contribution is 7.09. The summed E-state index contributed by atoms with van der Waals surface area (Å²) < 4.78 is 22.0. The summed E-state index contributed by atoms with van der Waals surface area (Å²) in [6, 6.07) is 20.2. The van der Waals surface area contributed by atoms with Crippen molar-refractivity contribution >= 4 is 17.2 Å². The fourth-order valence-electron chi connectivity index (χ4n) is 5.26. The third kappa shape index (κ3) is 6.86. The van der Waals surface area contributed by atoms with Gasteiger partial charge in [0.1, 0.15) is 22.2 Å². The molecule has 0 bridgehead atoms. The number of methoxy groups -OCH3 is 4. The van der Waals surface area contributed by atoms with Gasteiger partial charge in [0.25, 0.3) is 5.91 Å². The minimum Gasteiger partial charge on any atom is -0.497 e. The molecule has 0 N–H and O–H groups in total. The molecule has 9 heteroatoms. The number of rotatable bonds is 12. The van der Waals surface area contributed by atoms with E-state index in [0.29, 0.717) is 43.4 Å². The second kappa shape index (κ2) is 13.7. The van der Waals surface area contributed by atoms with E-state index < -0.39 is 0 Å². The molecule has 4 aromatic rings. The van der Waals surface area contributed by atoms with Gasteiger partial charge in [-0.2, -0.15) is 0 Å². The number of aromatic nitrogens is 1. The van der Waals surface area contributed by atoms with E-state index in [1.165, 1.54) is 22.5 Å². The van der Waals surface area contributed by atoms with Crippen LogP contribution in [0.1, 0.15) is 37.7 Å². The fourth-order valence-corrected chi connectivity index (χ4v) is 6.07. The van der Waals surface area contributed by atoms with E-state index in [2.05, 4.69) is 29.2 Å². The molecule has 5 rings (SSSR count). The van der Waals surface area contributed by atoms with Crippen molar-refractivity contribution in [2.75, 3.05) is 41.5 Å². The molecule has 0 unspecified atom stereocenters. The first-order valence-electron chi connectivity index (χ1n) is 14.0. The van der Waals surface area contributed by atoms with Gasteiger partial charge >= 0.3 is 0 Å². The Balaban J connectivity index is 1.32. The molecule has 1 amide bonds. The van der Waals surface area contributed by atoms with E-state index in [9.17, 15) is 4.79 Å². The molecule has 3 aromatic carbocycles. The van der Waals surface area contributed by atoms with E-state index in [4.69, 9.17) is 23.9 Å². The van der Waals surface area contributed by atoms with Crippen molar-refractivity contribution in [3.05, 3.63) is 99.0 Å². The lowest BCUT2D eigenvalue weighted by molar-refractivity contribution is 0.0729. The molecule has 42 heavy (non-hydrogen) atoms. The van der Waals surface area contributed by atoms with Crippen molar-refractivity contribution < 1.29 is 23.7 Å². The lowest BCUT2D eigenvalue weighted by Gasteiger charge is -2.28. The van der Waals surface area contributed by atoms with Crippen LogP contribution in [0, 0.1) is 0 Å². The standard InChI is InChI=1S/C33H37N3O5S/c1-38-27-11-10-26(30(18-27)40-3)19-35(15-13-23-9-12-29(39-2)31(17-23)41-4)21-32-34-28(22-42-32)33(37)36-16-14-24-7-5-6-8-25(24)20-36/h5-12,17-18,22H,13-16,19-21H2,1-4H3. The Kier molecular flexibility index (Phi) is 9.61. The number of benzene rings is 3. The van der Waals surface area contributed by atoms with Gasteiger partial charge in [-0.25, -0.2) is 4.98 Å². The number of thiazole rings is 1. The third-order valence-corrected chi connectivity index (χ3v) is 8.43. The van der Waals surface area contributed by atoms with Gasteiger partial charge in [-0.1, -0.05) is 36.4 Å². The molecular weight excluding hydrogens is 550 g/mol. The van der Waals surface area contributed by atoms with Gasteiger partial charge in [0, 0.05) is 43.2 Å². The largest absolute Gasteiger partial charge is 0.497 e. The number of nitrogens with zero attached hydrogens (tertiary/aromatic N) is 3. The van der Waals surface area contributed by atoms with E-state index in [1.807, 2.05) is 46.7 Å². The van der Waals surface area contributed by atoms with Crippen molar-refractivity contribution in [2.24, 2.45) is 0 Å². The molecule has 220 valence electrons. The Labute approximate surface area is 251 Å². The molecule has 8 nitrogen and oxygen atoms in total. The molecule has 0 radical (unpaired) electrons. The second-order valence-corrected chi connectivity index (χ2v) is 11.1. The summed E-state index contributed by atoms with van der Waals surface area (Å²) in [5.41, 5.74) is 5.23. The average Bonchev–Trinajstić information content (AvgIpc) is 3.51. The minimum absolute atomic E-state index is 0.0132. The smallest absolute Gasteiger partial charge is 0.273 e. The van der Waals surface area contributed by atoms with Crippen LogP contribution in [0.15, 0.2) is 66.0 Å². The summed E-state index contributed by atoms with van der Waals surface area (Å²) in [5, 5.41) is 2.79. The van der Waals surface area contributed by atoms with Gasteiger partial charge < -0.3 is 23.8 Å². The van der Waals surface area contributed by atoms with E-state index in [1.54, 1.807) is 28.4 Å². The number of carbonyl (C=O) groups excluding carboxylic acids is 1. The van der Waals surface area contributed by atoms with E-state index in [0.717, 1.165) is 47.0 Å². The second-order valence-electron chi connectivity index (χ2n) is 10.2. The summed E-state index contributed by atoms with van der Waals surface area (Å²) in [5.74, 6) is 2.92. The molecule has 0 spiro atoms. The topological polar surface area (TPSA) is 73.4 Å². The molecule has 0 saturated heterocycles. The van der Waals surface area contributed by atoms with Gasteiger partial charge in [-0.15, -0.1) is 11.3 Å². The number of fused-ring (bicyclic) bond motifs is 1. The van der Waals surface area contributed by atoms with Gasteiger partial charge in [0.15, 0.2) is 11.5 Å². The Morgan fingerprint density at radius 2 is 1.67 bits per heavy atom. The lowest BCUT2D eigenvalue weighted by Crippen LogP contribution is -2.36. The van der Waals surface area contributed by atoms with Gasteiger partial charge in [-0.3, -0.25) is 9.69 Å². The number of amides is 1. The Morgan fingerprint density at radius 3 is 2.43 bits per heavy atom. The minimum atomic E-state index is -0.0132. The quantitative estimate of drug-likeness (QED) is 0.213. The average molecular weight is 588 g/mol. The van der Waals surface area contributed by atoms with Crippen LogP contribution in [-0.2, 0) is 32.5 Å². The third-order valence-electron chi connectivity index (χ3n) is 7.60. The monoisotopic (exact) mass is 587 g/mol. The van der Waals surface area contributed by atoms with Crippen LogP contribution >= 0.6 is 11.3 Å². The summed E-state index contributed by atoms with van der Waals surface area (Å²) >= 11 is 1.53. The molecule has 0 atom stereocenters. The van der Waals surface area contributed by atoms with Gasteiger partial charge in [0.2, 0.25) is 0 Å². The number of carbonyl (C=O) groups is 1. The maximum atomic E-state index is 13.4. The van der Waals surface area contributed by atoms with Crippen molar-refractivity contribution in [2.45, 2.75) is 32.5 Å². The number of ether oxygens (including phenoxy) is 4. The Bertz CT molecular complexity index is 1520. The van der Waals surface area contributed by atoms with E-state index >= 15 is 0 Å². The summed E-state index contributed by atoms with van der Waals surface area (Å²) in [6.07, 6.45) is 1.66. The van der Waals surface area contributed by atoms with Crippen LogP contribution in [0.5, 0.6) is 23.0 Å². The molecule has 0 aliphatic carbocycles. The van der Waals surface area contributed by atoms with Crippen molar-refractivity contribution in [3.63, 3.8) is 0 Å². The Hall–Kier alpha value is -4.08. The van der Waals surface area contributed by atoms with Crippen molar-refractivity contribution in [3.8, 4) is 23.0 Å². The maximum absolute atomic E-state index is 13.4. The summed E-state index contributed by atoms with van der Waals surface area (Å²) in [4.78, 5) is 22.4. The zero-order valence-electron chi connectivity index (χ0n) is 24.6. The maximum Gasteiger partial charge on any atom is 0.273 e. The fraction of sp³-hybridized carbons (Fsp3) is 0.333. The highest BCUT2D eigenvalue weighted by Gasteiger charge is 2.24. The van der Waals surface area contributed by atoms with Crippen molar-refractivity contribution in [1.82, 2.24) is 14.8 Å². The molecule has 1 aliphatic heterocycles. The predicted molar refractivity (Wildman–Crippen MR) is 164 cm³/mol. The lowest BCUT2D eigenvalue weighted by atomic mass is 10.00. The van der Waals surface area contributed by atoms with E-state index in [-0.39, 0.29) is 5.91 Å². The highest BCUT2D eigenvalue weighted by atomic mass is 32.1. The molecule has 0 fully saturated rings. The highest BCUT2D eigenvalue weighted by Crippen LogP contribution is 2.29. The molecular formula is C33H37N3O5S. The number of hydrogen-bond donors (Lipinski definition) is 0. The van der Waals surface area contributed by atoms with Crippen LogP contribution in [0.2, 0.25) is 0 Å². The Morgan fingerprint density at radius 1 is 0.881 bits per heavy atom. The summed E-state index contributed by atoms with van der Waals surface area (Å²) in [6.45, 7) is 3.33. The van der Waals surface area contributed by atoms with Crippen LogP contribution < -0.4 is 18.9 Å². The molecule has 1 aromatic heterocycles. The van der Waals surface area contributed by atoms with Crippen LogP contribution in [0.3, 0.4) is 0 Å². The zero-order chi connectivity index (χ0) is 29.5. The van der Waals surface area contributed by atoms with Gasteiger partial charge in [-0.05, 0) is 47.7 Å². The van der Waals surface area contributed by atoms with Crippen molar-refractivity contribution in [1.29, 1.82) is 0 Å². The normalized spacial score (nSPS) is 12.6. The first-order valence-corrected chi connectivity index (χ1v) is 14.8. The predicted octanol–water partition coefficient (Wildman–Crippen LogP) is 5.62. The summed E-state index contributed by atoms with van der Waals surface area (Å²) in [7, 11) is 6.60. The zero-order valence-corrected chi connectivity index (χ0v) is 25.4. The van der Waals surface area contributed by atoms with Crippen LogP contribution in [0.4, 0.5) is 0 Å². The van der Waals surface area contributed by atoms with Crippen LogP contribution in [0.25, 0.3) is 0 Å². The van der Waals surface area contributed by atoms with Crippen LogP contribution in [-0.4, -0.2) is 62.2 Å².